The van der Waals surface area contributed by atoms with E-state index in [2.05, 4.69) is 15.1 Å². The first-order chi connectivity index (χ1) is 10.1. The van der Waals surface area contributed by atoms with Crippen molar-refractivity contribution >= 4 is 11.7 Å². The van der Waals surface area contributed by atoms with Crippen LogP contribution in [0.4, 0.5) is 5.82 Å². The third-order valence-electron chi connectivity index (χ3n) is 3.16. The minimum atomic E-state index is 0.0832. The Kier molecular flexibility index (Phi) is 4.71. The highest BCUT2D eigenvalue weighted by Gasteiger charge is 2.08. The molecule has 0 unspecified atom stereocenters. The van der Waals surface area contributed by atoms with Gasteiger partial charge in [0.2, 0.25) is 0 Å². The summed E-state index contributed by atoms with van der Waals surface area (Å²) in [5.74, 6) is 0.868. The molecule has 0 aliphatic rings. The van der Waals surface area contributed by atoms with Gasteiger partial charge in [0.25, 0.3) is 0 Å². The van der Waals surface area contributed by atoms with Crippen LogP contribution in [0, 0.1) is 6.92 Å². The summed E-state index contributed by atoms with van der Waals surface area (Å²) in [4.78, 5) is 10.8. The van der Waals surface area contributed by atoms with Crippen molar-refractivity contribution in [2.24, 2.45) is 10.9 Å². The minimum Gasteiger partial charge on any atom is -0.409 e. The molecule has 0 aliphatic carbocycles. The summed E-state index contributed by atoms with van der Waals surface area (Å²) < 4.78 is 0. The van der Waals surface area contributed by atoms with Crippen LogP contribution in [-0.4, -0.2) is 34.6 Å². The standard InChI is InChI=1S/C15H19N5O/c1-11-9-12(15(16)19-21)10-14(18-11)20(2)8-6-13-5-3-4-7-17-13/h3-5,7,9-10,21H,6,8H2,1-2H3,(H2,16,19). The van der Waals surface area contributed by atoms with Crippen LogP contribution >= 0.6 is 0 Å². The highest BCUT2D eigenvalue weighted by molar-refractivity contribution is 5.97. The molecule has 21 heavy (non-hydrogen) atoms. The van der Waals surface area contributed by atoms with E-state index in [0.717, 1.165) is 30.2 Å². The average Bonchev–Trinajstić information content (AvgIpc) is 2.52. The Morgan fingerprint density at radius 3 is 2.86 bits per heavy atom. The normalized spacial score (nSPS) is 11.4. The van der Waals surface area contributed by atoms with Crippen LogP contribution in [0.15, 0.2) is 41.7 Å². The Morgan fingerprint density at radius 1 is 1.38 bits per heavy atom. The van der Waals surface area contributed by atoms with E-state index in [-0.39, 0.29) is 5.84 Å². The van der Waals surface area contributed by atoms with E-state index >= 15 is 0 Å². The second-order valence-corrected chi connectivity index (χ2v) is 4.83. The highest BCUT2D eigenvalue weighted by Crippen LogP contribution is 2.14. The molecule has 0 radical (unpaired) electrons. The maximum absolute atomic E-state index is 8.78. The Morgan fingerprint density at radius 2 is 2.19 bits per heavy atom. The van der Waals surface area contributed by atoms with E-state index < -0.39 is 0 Å². The molecule has 0 saturated heterocycles. The van der Waals surface area contributed by atoms with Crippen molar-refractivity contribution in [2.45, 2.75) is 13.3 Å². The topological polar surface area (TPSA) is 87.6 Å². The molecule has 0 bridgehead atoms. The summed E-state index contributed by atoms with van der Waals surface area (Å²) in [7, 11) is 1.96. The van der Waals surface area contributed by atoms with Gasteiger partial charge in [-0.05, 0) is 31.2 Å². The van der Waals surface area contributed by atoms with Gasteiger partial charge in [-0.3, -0.25) is 4.98 Å². The van der Waals surface area contributed by atoms with Crippen LogP contribution in [-0.2, 0) is 6.42 Å². The van der Waals surface area contributed by atoms with Crippen molar-refractivity contribution in [3.05, 3.63) is 53.5 Å². The fourth-order valence-corrected chi connectivity index (χ4v) is 2.00. The van der Waals surface area contributed by atoms with Gasteiger partial charge in [-0.1, -0.05) is 11.2 Å². The molecule has 2 heterocycles. The molecule has 2 rings (SSSR count). The fourth-order valence-electron chi connectivity index (χ4n) is 2.00. The molecule has 0 saturated carbocycles. The smallest absolute Gasteiger partial charge is 0.170 e. The van der Waals surface area contributed by atoms with Crippen molar-refractivity contribution in [3.63, 3.8) is 0 Å². The molecule has 6 nitrogen and oxygen atoms in total. The van der Waals surface area contributed by atoms with Crippen LogP contribution in [0.25, 0.3) is 0 Å². The Labute approximate surface area is 123 Å². The van der Waals surface area contributed by atoms with Crippen molar-refractivity contribution in [1.29, 1.82) is 0 Å². The number of pyridine rings is 2. The summed E-state index contributed by atoms with van der Waals surface area (Å²) in [5, 5.41) is 11.8. The SMILES string of the molecule is Cc1cc(/C(N)=N/O)cc(N(C)CCc2ccccn2)n1. The number of rotatable bonds is 5. The summed E-state index contributed by atoms with van der Waals surface area (Å²) in [6, 6.07) is 9.47. The van der Waals surface area contributed by atoms with Crippen LogP contribution in [0.2, 0.25) is 0 Å². The molecule has 2 aromatic heterocycles. The second-order valence-electron chi connectivity index (χ2n) is 4.83. The van der Waals surface area contributed by atoms with E-state index in [9.17, 15) is 0 Å². The van der Waals surface area contributed by atoms with E-state index in [1.165, 1.54) is 0 Å². The lowest BCUT2D eigenvalue weighted by Crippen LogP contribution is -2.23. The summed E-state index contributed by atoms with van der Waals surface area (Å²) >= 11 is 0. The maximum atomic E-state index is 8.78. The number of aromatic nitrogens is 2. The molecular formula is C15H19N5O. The third kappa shape index (κ3) is 3.92. The maximum Gasteiger partial charge on any atom is 0.170 e. The van der Waals surface area contributed by atoms with Gasteiger partial charge < -0.3 is 15.8 Å². The second kappa shape index (κ2) is 6.69. The Bertz CT molecular complexity index is 627. The number of hydrogen-bond donors (Lipinski definition) is 2. The number of hydrogen-bond acceptors (Lipinski definition) is 5. The lowest BCUT2D eigenvalue weighted by atomic mass is 10.2. The first-order valence-corrected chi connectivity index (χ1v) is 6.68. The van der Waals surface area contributed by atoms with Crippen LogP contribution in [0.5, 0.6) is 0 Å². The predicted octanol–water partition coefficient (Wildman–Crippen LogP) is 1.56. The number of anilines is 1. The molecule has 6 heteroatoms. The number of oxime groups is 1. The van der Waals surface area contributed by atoms with E-state index in [1.54, 1.807) is 18.3 Å². The molecule has 0 amide bonds. The van der Waals surface area contributed by atoms with Gasteiger partial charge in [-0.2, -0.15) is 0 Å². The monoisotopic (exact) mass is 285 g/mol. The molecular weight excluding hydrogens is 266 g/mol. The molecule has 3 N–H and O–H groups in total. The van der Waals surface area contributed by atoms with Crippen molar-refractivity contribution in [1.82, 2.24) is 9.97 Å². The van der Waals surface area contributed by atoms with Crippen LogP contribution < -0.4 is 10.6 Å². The number of nitrogens with zero attached hydrogens (tertiary/aromatic N) is 4. The number of likely N-dealkylation sites (N-methyl/N-ethyl adjacent to an activating group) is 1. The first-order valence-electron chi connectivity index (χ1n) is 6.68. The summed E-state index contributed by atoms with van der Waals surface area (Å²) in [5.41, 5.74) is 8.15. The molecule has 0 atom stereocenters. The molecule has 110 valence electrons. The third-order valence-corrected chi connectivity index (χ3v) is 3.16. The van der Waals surface area contributed by atoms with Crippen molar-refractivity contribution < 1.29 is 5.21 Å². The average molecular weight is 285 g/mol. The van der Waals surface area contributed by atoms with E-state index in [4.69, 9.17) is 10.9 Å². The number of nitrogens with two attached hydrogens (primary N) is 1. The summed E-state index contributed by atoms with van der Waals surface area (Å²) in [6.45, 7) is 2.66. The highest BCUT2D eigenvalue weighted by atomic mass is 16.4. The fraction of sp³-hybridized carbons (Fsp3) is 0.267. The zero-order chi connectivity index (χ0) is 15.2. The van der Waals surface area contributed by atoms with Crippen molar-refractivity contribution in [3.8, 4) is 0 Å². The molecule has 0 aliphatic heterocycles. The van der Waals surface area contributed by atoms with Gasteiger partial charge in [-0.15, -0.1) is 0 Å². The zero-order valence-corrected chi connectivity index (χ0v) is 12.2. The van der Waals surface area contributed by atoms with E-state index in [1.807, 2.05) is 37.1 Å². The Hall–Kier alpha value is -2.63. The number of aryl methyl sites for hydroxylation is 1. The summed E-state index contributed by atoms with van der Waals surface area (Å²) in [6.07, 6.45) is 2.61. The first kappa shape index (κ1) is 14.8. The zero-order valence-electron chi connectivity index (χ0n) is 12.2. The van der Waals surface area contributed by atoms with Gasteiger partial charge in [0.15, 0.2) is 5.84 Å². The number of amidine groups is 1. The van der Waals surface area contributed by atoms with Gasteiger partial charge >= 0.3 is 0 Å². The lowest BCUT2D eigenvalue weighted by molar-refractivity contribution is 0.318. The molecule has 0 fully saturated rings. The van der Waals surface area contributed by atoms with E-state index in [0.29, 0.717) is 5.56 Å². The predicted molar refractivity (Wildman–Crippen MR) is 82.7 cm³/mol. The largest absolute Gasteiger partial charge is 0.409 e. The molecule has 0 spiro atoms. The van der Waals surface area contributed by atoms with Crippen molar-refractivity contribution in [2.75, 3.05) is 18.5 Å². The molecule has 0 aromatic carbocycles. The quantitative estimate of drug-likeness (QED) is 0.377. The lowest BCUT2D eigenvalue weighted by Gasteiger charge is -2.19. The van der Waals surface area contributed by atoms with Gasteiger partial charge in [-0.25, -0.2) is 4.98 Å². The minimum absolute atomic E-state index is 0.0832. The van der Waals surface area contributed by atoms with Gasteiger partial charge in [0.05, 0.1) is 0 Å². The van der Waals surface area contributed by atoms with Crippen LogP contribution in [0.3, 0.4) is 0 Å². The van der Waals surface area contributed by atoms with Gasteiger partial charge in [0, 0.05) is 43.2 Å². The van der Waals surface area contributed by atoms with Gasteiger partial charge in [0.1, 0.15) is 5.82 Å². The molecule has 2 aromatic rings. The van der Waals surface area contributed by atoms with Crippen LogP contribution in [0.1, 0.15) is 17.0 Å². The Balaban J connectivity index is 2.12.